The van der Waals surface area contributed by atoms with Gasteiger partial charge in [-0.05, 0) is 6.42 Å². The largest absolute Gasteiger partial charge is 0.451 e. The Hall–Kier alpha value is -1.61. The third-order valence-corrected chi connectivity index (χ3v) is 2.20. The van der Waals surface area contributed by atoms with E-state index in [9.17, 15) is 13.2 Å². The summed E-state index contributed by atoms with van der Waals surface area (Å²) in [6.45, 7) is 1.88. The van der Waals surface area contributed by atoms with Crippen molar-refractivity contribution in [1.29, 1.82) is 0 Å². The van der Waals surface area contributed by atoms with Crippen molar-refractivity contribution in [3.63, 3.8) is 0 Å². The maximum absolute atomic E-state index is 12.5. The van der Waals surface area contributed by atoms with Crippen molar-refractivity contribution >= 4 is 11.6 Å². The molecule has 6 nitrogen and oxygen atoms in total. The van der Waals surface area contributed by atoms with E-state index in [0.29, 0.717) is 32.8 Å². The van der Waals surface area contributed by atoms with Gasteiger partial charge in [0.2, 0.25) is 5.82 Å². The van der Waals surface area contributed by atoms with Gasteiger partial charge in [-0.2, -0.15) is 13.2 Å². The van der Waals surface area contributed by atoms with Gasteiger partial charge in [0.15, 0.2) is 0 Å². The Morgan fingerprint density at radius 3 is 2.65 bits per heavy atom. The molecule has 0 aliphatic heterocycles. The summed E-state index contributed by atoms with van der Waals surface area (Å²) in [5.74, 6) is -1.44. The molecule has 1 rings (SSSR count). The second-order valence-corrected chi connectivity index (χ2v) is 3.88. The number of hydrogen-bond acceptors (Lipinski definition) is 6. The third kappa shape index (κ3) is 6.02. The molecule has 114 valence electrons. The lowest BCUT2D eigenvalue weighted by molar-refractivity contribution is -0.144. The van der Waals surface area contributed by atoms with E-state index in [1.807, 2.05) is 0 Å². The van der Waals surface area contributed by atoms with Crippen molar-refractivity contribution in [2.75, 3.05) is 44.5 Å². The summed E-state index contributed by atoms with van der Waals surface area (Å²) in [6.07, 6.45) is -4.00. The highest BCUT2D eigenvalue weighted by molar-refractivity contribution is 5.44. The van der Waals surface area contributed by atoms with Crippen molar-refractivity contribution in [2.45, 2.75) is 12.6 Å². The zero-order valence-electron chi connectivity index (χ0n) is 11.0. The lowest BCUT2D eigenvalue weighted by atomic mass is 10.4. The quantitative estimate of drug-likeness (QED) is 0.708. The highest BCUT2D eigenvalue weighted by Gasteiger charge is 2.35. The molecular weight excluding hydrogens is 277 g/mol. The number of hydrogen-bond donors (Lipinski definition) is 2. The summed E-state index contributed by atoms with van der Waals surface area (Å²) in [4.78, 5) is 6.51. The number of anilines is 2. The van der Waals surface area contributed by atoms with Crippen LogP contribution in [0, 0.1) is 0 Å². The SMILES string of the molecule is COCCOCCCNc1cc(N)nc(C(F)(F)F)n1. The summed E-state index contributed by atoms with van der Waals surface area (Å²) in [5.41, 5.74) is 5.31. The van der Waals surface area contributed by atoms with Gasteiger partial charge in [-0.3, -0.25) is 0 Å². The molecule has 3 N–H and O–H groups in total. The fourth-order valence-electron chi connectivity index (χ4n) is 1.32. The van der Waals surface area contributed by atoms with Gasteiger partial charge in [0.05, 0.1) is 13.2 Å². The molecular formula is C11H17F3N4O2. The van der Waals surface area contributed by atoms with Crippen LogP contribution in [-0.4, -0.2) is 43.4 Å². The average Bonchev–Trinajstić information content (AvgIpc) is 2.36. The van der Waals surface area contributed by atoms with E-state index in [0.717, 1.165) is 0 Å². The standard InChI is InChI=1S/C11H17F3N4O2/c1-19-5-6-20-4-2-3-16-9-7-8(15)17-10(18-9)11(12,13)14/h7H,2-6H2,1H3,(H3,15,16,17,18). The van der Waals surface area contributed by atoms with Crippen LogP contribution in [0.25, 0.3) is 0 Å². The predicted molar refractivity (Wildman–Crippen MR) is 67.2 cm³/mol. The molecule has 0 saturated carbocycles. The number of nitrogens with zero attached hydrogens (tertiary/aromatic N) is 2. The average molecular weight is 294 g/mol. The Morgan fingerprint density at radius 2 is 2.00 bits per heavy atom. The van der Waals surface area contributed by atoms with E-state index in [1.54, 1.807) is 7.11 Å². The summed E-state index contributed by atoms with van der Waals surface area (Å²) >= 11 is 0. The molecule has 0 aliphatic carbocycles. The maximum atomic E-state index is 12.5. The maximum Gasteiger partial charge on any atom is 0.451 e. The van der Waals surface area contributed by atoms with E-state index >= 15 is 0 Å². The minimum absolute atomic E-state index is 0.0433. The van der Waals surface area contributed by atoms with Crippen LogP contribution in [0.1, 0.15) is 12.2 Å². The monoisotopic (exact) mass is 294 g/mol. The number of rotatable bonds is 8. The molecule has 0 aliphatic rings. The van der Waals surface area contributed by atoms with Gasteiger partial charge in [-0.1, -0.05) is 0 Å². The van der Waals surface area contributed by atoms with Crippen LogP contribution in [0.4, 0.5) is 24.8 Å². The molecule has 0 atom stereocenters. The Bertz CT molecular complexity index is 415. The molecule has 0 fully saturated rings. The van der Waals surface area contributed by atoms with Gasteiger partial charge in [0, 0.05) is 26.3 Å². The number of alkyl halides is 3. The molecule has 0 unspecified atom stereocenters. The summed E-state index contributed by atoms with van der Waals surface area (Å²) in [7, 11) is 1.57. The Morgan fingerprint density at radius 1 is 1.25 bits per heavy atom. The summed E-state index contributed by atoms with van der Waals surface area (Å²) < 4.78 is 47.4. The molecule has 0 bridgehead atoms. The van der Waals surface area contributed by atoms with Gasteiger partial charge < -0.3 is 20.5 Å². The Labute approximate surface area is 114 Å². The van der Waals surface area contributed by atoms with Crippen LogP contribution in [0.3, 0.4) is 0 Å². The lowest BCUT2D eigenvalue weighted by Crippen LogP contribution is -2.15. The zero-order valence-corrected chi connectivity index (χ0v) is 11.0. The first kappa shape index (κ1) is 16.4. The van der Waals surface area contributed by atoms with Crippen LogP contribution in [0.2, 0.25) is 0 Å². The second-order valence-electron chi connectivity index (χ2n) is 3.88. The molecule has 9 heteroatoms. The number of halogens is 3. The number of nitrogen functional groups attached to an aromatic ring is 1. The van der Waals surface area contributed by atoms with E-state index in [2.05, 4.69) is 15.3 Å². The van der Waals surface area contributed by atoms with E-state index in [1.165, 1.54) is 6.07 Å². The van der Waals surface area contributed by atoms with Crippen LogP contribution in [0.5, 0.6) is 0 Å². The first-order valence-electron chi connectivity index (χ1n) is 5.96. The lowest BCUT2D eigenvalue weighted by Gasteiger charge is -2.10. The molecule has 1 aromatic heterocycles. The zero-order chi connectivity index (χ0) is 15.0. The van der Waals surface area contributed by atoms with Gasteiger partial charge in [-0.15, -0.1) is 0 Å². The second kappa shape index (κ2) is 7.85. The van der Waals surface area contributed by atoms with Crippen molar-refractivity contribution in [2.24, 2.45) is 0 Å². The Kier molecular flexibility index (Phi) is 6.46. The van der Waals surface area contributed by atoms with Crippen molar-refractivity contribution in [3.05, 3.63) is 11.9 Å². The molecule has 0 amide bonds. The van der Waals surface area contributed by atoms with Crippen molar-refractivity contribution in [3.8, 4) is 0 Å². The summed E-state index contributed by atoms with van der Waals surface area (Å²) in [6, 6.07) is 1.25. The fourth-order valence-corrected chi connectivity index (χ4v) is 1.32. The fraction of sp³-hybridized carbons (Fsp3) is 0.636. The summed E-state index contributed by atoms with van der Waals surface area (Å²) in [5, 5.41) is 2.75. The number of nitrogens with one attached hydrogen (secondary N) is 1. The van der Waals surface area contributed by atoms with Crippen LogP contribution in [-0.2, 0) is 15.7 Å². The molecule has 1 aromatic rings. The van der Waals surface area contributed by atoms with Crippen LogP contribution in [0.15, 0.2) is 6.07 Å². The predicted octanol–water partition coefficient (Wildman–Crippen LogP) is 1.54. The van der Waals surface area contributed by atoms with Gasteiger partial charge in [0.1, 0.15) is 11.6 Å². The molecule has 0 aromatic carbocycles. The Balaban J connectivity index is 2.39. The number of nitrogens with two attached hydrogens (primary N) is 1. The van der Waals surface area contributed by atoms with Crippen molar-refractivity contribution in [1.82, 2.24) is 9.97 Å². The third-order valence-electron chi connectivity index (χ3n) is 2.20. The highest BCUT2D eigenvalue weighted by Crippen LogP contribution is 2.27. The first-order chi connectivity index (χ1) is 9.43. The topological polar surface area (TPSA) is 82.3 Å². The first-order valence-corrected chi connectivity index (χ1v) is 5.96. The number of aromatic nitrogens is 2. The van der Waals surface area contributed by atoms with Crippen molar-refractivity contribution < 1.29 is 22.6 Å². The van der Waals surface area contributed by atoms with Gasteiger partial charge >= 0.3 is 6.18 Å². The molecule has 0 spiro atoms. The molecule has 1 heterocycles. The van der Waals surface area contributed by atoms with E-state index in [4.69, 9.17) is 15.2 Å². The number of ether oxygens (including phenoxy) is 2. The molecule has 20 heavy (non-hydrogen) atoms. The van der Waals surface area contributed by atoms with Gasteiger partial charge in [0.25, 0.3) is 0 Å². The minimum Gasteiger partial charge on any atom is -0.384 e. The van der Waals surface area contributed by atoms with Crippen LogP contribution < -0.4 is 11.1 Å². The highest BCUT2D eigenvalue weighted by atomic mass is 19.4. The smallest absolute Gasteiger partial charge is 0.384 e. The normalized spacial score (nSPS) is 11.6. The molecule has 0 saturated heterocycles. The van der Waals surface area contributed by atoms with E-state index < -0.39 is 12.0 Å². The molecule has 0 radical (unpaired) electrons. The minimum atomic E-state index is -4.62. The van der Waals surface area contributed by atoms with E-state index in [-0.39, 0.29) is 11.6 Å². The van der Waals surface area contributed by atoms with Gasteiger partial charge in [-0.25, -0.2) is 9.97 Å². The van der Waals surface area contributed by atoms with Crippen LogP contribution >= 0.6 is 0 Å². The number of methoxy groups -OCH3 is 1.